The first-order valence-electron chi connectivity index (χ1n) is 11.8. The average molecular weight is 407 g/mol. The van der Waals surface area contributed by atoms with Crippen molar-refractivity contribution in [1.29, 1.82) is 5.26 Å². The molecule has 3 fully saturated rings. The summed E-state index contributed by atoms with van der Waals surface area (Å²) in [6.07, 6.45) is 14.0. The van der Waals surface area contributed by atoms with Gasteiger partial charge in [-0.25, -0.2) is 0 Å². The first-order chi connectivity index (χ1) is 14.1. The molecule has 3 rings (SSSR count). The molecule has 5 unspecified atom stereocenters. The number of rotatable bonds is 15. The lowest BCUT2D eigenvalue weighted by Gasteiger charge is -2.42. The fraction of sp³-hybridized carbons (Fsp3) is 0.913. The number of fused-ring (bicyclic) bond motifs is 3. The van der Waals surface area contributed by atoms with Gasteiger partial charge in [-0.3, -0.25) is 14.9 Å². The van der Waals surface area contributed by atoms with E-state index in [1.165, 1.54) is 38.5 Å². The van der Waals surface area contributed by atoms with Gasteiger partial charge in [0.05, 0.1) is 6.07 Å². The molecule has 2 bridgehead atoms. The van der Waals surface area contributed by atoms with E-state index < -0.39 is 18.2 Å². The molecule has 2 heterocycles. The molecule has 0 radical (unpaired) electrons. The van der Waals surface area contributed by atoms with Crippen molar-refractivity contribution < 1.29 is 14.5 Å². The Morgan fingerprint density at radius 2 is 1.76 bits per heavy atom. The first-order valence-corrected chi connectivity index (χ1v) is 11.8. The SMILES string of the molecule is CCCCCCCCCC(C#N)CCCCC(=O)C1OC2CCC1CC2[N+](=O)[O-]. The molecule has 164 valence electrons. The van der Waals surface area contributed by atoms with Crippen LogP contribution < -0.4 is 0 Å². The molecule has 0 aromatic carbocycles. The number of ketones is 1. The Hall–Kier alpha value is -1.48. The van der Waals surface area contributed by atoms with E-state index in [1.807, 2.05) is 0 Å². The third-order valence-corrected chi connectivity index (χ3v) is 6.70. The van der Waals surface area contributed by atoms with Gasteiger partial charge >= 0.3 is 0 Å². The van der Waals surface area contributed by atoms with Crippen LogP contribution in [0.15, 0.2) is 0 Å². The largest absolute Gasteiger partial charge is 0.360 e. The number of hydrogen-bond donors (Lipinski definition) is 0. The van der Waals surface area contributed by atoms with Gasteiger partial charge in [-0.2, -0.15) is 5.26 Å². The minimum atomic E-state index is -0.638. The van der Waals surface area contributed by atoms with Gasteiger partial charge in [-0.1, -0.05) is 58.3 Å². The van der Waals surface area contributed by atoms with Crippen LogP contribution in [0.25, 0.3) is 0 Å². The van der Waals surface area contributed by atoms with Crippen molar-refractivity contribution in [2.75, 3.05) is 0 Å². The van der Waals surface area contributed by atoms with Crippen LogP contribution in [0.3, 0.4) is 0 Å². The van der Waals surface area contributed by atoms with E-state index in [0.29, 0.717) is 19.3 Å². The molecule has 2 saturated heterocycles. The second kappa shape index (κ2) is 13.0. The summed E-state index contributed by atoms with van der Waals surface area (Å²) < 4.78 is 5.78. The highest BCUT2D eigenvalue weighted by molar-refractivity contribution is 5.83. The Morgan fingerprint density at radius 1 is 1.10 bits per heavy atom. The molecular weight excluding hydrogens is 368 g/mol. The average Bonchev–Trinajstić information content (AvgIpc) is 2.74. The molecule has 6 heteroatoms. The van der Waals surface area contributed by atoms with Crippen molar-refractivity contribution >= 4 is 5.78 Å². The molecule has 1 aliphatic carbocycles. The zero-order valence-corrected chi connectivity index (χ0v) is 18.0. The lowest BCUT2D eigenvalue weighted by atomic mass is 9.75. The van der Waals surface area contributed by atoms with Crippen molar-refractivity contribution in [1.82, 2.24) is 0 Å². The number of ether oxygens (including phenoxy) is 1. The van der Waals surface area contributed by atoms with E-state index in [9.17, 15) is 20.2 Å². The third-order valence-electron chi connectivity index (χ3n) is 6.70. The Balaban J connectivity index is 1.57. The summed E-state index contributed by atoms with van der Waals surface area (Å²) in [4.78, 5) is 23.4. The van der Waals surface area contributed by atoms with E-state index in [1.54, 1.807) is 0 Å². The molecule has 29 heavy (non-hydrogen) atoms. The van der Waals surface area contributed by atoms with Gasteiger partial charge in [0, 0.05) is 23.7 Å². The van der Waals surface area contributed by atoms with Gasteiger partial charge in [-0.05, 0) is 38.0 Å². The van der Waals surface area contributed by atoms with Crippen molar-refractivity contribution in [2.45, 2.75) is 121 Å². The summed E-state index contributed by atoms with van der Waals surface area (Å²) >= 11 is 0. The zero-order valence-electron chi connectivity index (χ0n) is 18.0. The predicted molar refractivity (Wildman–Crippen MR) is 112 cm³/mol. The quantitative estimate of drug-likeness (QED) is 0.200. The van der Waals surface area contributed by atoms with Crippen LogP contribution in [0.1, 0.15) is 103 Å². The van der Waals surface area contributed by atoms with Crippen LogP contribution in [-0.4, -0.2) is 29.0 Å². The van der Waals surface area contributed by atoms with E-state index >= 15 is 0 Å². The van der Waals surface area contributed by atoms with Gasteiger partial charge in [-0.15, -0.1) is 0 Å². The number of Topliss-reactive ketones (excluding diaryl/α,β-unsaturated/α-hetero) is 1. The van der Waals surface area contributed by atoms with Gasteiger partial charge in [0.1, 0.15) is 12.2 Å². The van der Waals surface area contributed by atoms with Gasteiger partial charge in [0.15, 0.2) is 5.78 Å². The highest BCUT2D eigenvalue weighted by atomic mass is 16.6. The summed E-state index contributed by atoms with van der Waals surface area (Å²) in [6.45, 7) is 2.23. The third kappa shape index (κ3) is 7.70. The van der Waals surface area contributed by atoms with Crippen LogP contribution in [0.2, 0.25) is 0 Å². The first kappa shape index (κ1) is 23.8. The number of carbonyl (C=O) groups excluding carboxylic acids is 1. The summed E-state index contributed by atoms with van der Waals surface area (Å²) in [5.74, 6) is 0.206. The number of nitro groups is 1. The molecule has 3 aliphatic rings. The molecule has 1 saturated carbocycles. The number of nitrogens with zero attached hydrogens (tertiary/aromatic N) is 2. The van der Waals surface area contributed by atoms with Crippen LogP contribution >= 0.6 is 0 Å². The number of hydrogen-bond acceptors (Lipinski definition) is 5. The maximum atomic E-state index is 12.5. The number of unbranched alkanes of at least 4 members (excludes halogenated alkanes) is 7. The zero-order chi connectivity index (χ0) is 21.1. The lowest BCUT2D eigenvalue weighted by molar-refractivity contribution is -0.548. The highest BCUT2D eigenvalue weighted by Crippen LogP contribution is 2.39. The summed E-state index contributed by atoms with van der Waals surface area (Å²) in [6, 6.07) is 1.79. The smallest absolute Gasteiger partial charge is 0.239 e. The Kier molecular flexibility index (Phi) is 10.6. The molecule has 0 spiro atoms. The van der Waals surface area contributed by atoms with Crippen LogP contribution in [0, 0.1) is 33.3 Å². The lowest BCUT2D eigenvalue weighted by Crippen LogP contribution is -2.54. The summed E-state index contributed by atoms with van der Waals surface area (Å²) in [5, 5.41) is 20.5. The fourth-order valence-electron chi connectivity index (χ4n) is 4.90. The molecule has 2 aliphatic heterocycles. The second-order valence-corrected chi connectivity index (χ2v) is 8.97. The van der Waals surface area contributed by atoms with E-state index in [0.717, 1.165) is 38.5 Å². The summed E-state index contributed by atoms with van der Waals surface area (Å²) in [5.41, 5.74) is 0. The Bertz CT molecular complexity index is 560. The van der Waals surface area contributed by atoms with Gasteiger partial charge in [0.2, 0.25) is 6.04 Å². The standard InChI is InChI=1S/C23H38N2O4/c1-2-3-4-5-6-7-8-11-18(17-24)12-9-10-13-21(26)23-19-14-15-22(29-23)20(16-19)25(27)28/h18-20,22-23H,2-16H2,1H3. The van der Waals surface area contributed by atoms with Crippen LogP contribution in [0.4, 0.5) is 0 Å². The van der Waals surface area contributed by atoms with Crippen LogP contribution in [0.5, 0.6) is 0 Å². The number of nitriles is 1. The molecular formula is C23H38N2O4. The van der Waals surface area contributed by atoms with Crippen molar-refractivity contribution in [3.8, 4) is 6.07 Å². The predicted octanol–water partition coefficient (Wildman–Crippen LogP) is 5.61. The Labute approximate surface area is 175 Å². The normalized spacial score (nSPS) is 26.8. The minimum absolute atomic E-state index is 0.00656. The van der Waals surface area contributed by atoms with Gasteiger partial charge < -0.3 is 4.74 Å². The van der Waals surface area contributed by atoms with E-state index in [4.69, 9.17) is 4.74 Å². The maximum Gasteiger partial charge on any atom is 0.239 e. The minimum Gasteiger partial charge on any atom is -0.360 e. The highest BCUT2D eigenvalue weighted by Gasteiger charge is 2.50. The van der Waals surface area contributed by atoms with Crippen LogP contribution in [-0.2, 0) is 9.53 Å². The molecule has 0 aromatic heterocycles. The molecule has 0 aromatic rings. The Morgan fingerprint density at radius 3 is 2.34 bits per heavy atom. The molecule has 6 nitrogen and oxygen atoms in total. The molecule has 5 atom stereocenters. The monoisotopic (exact) mass is 406 g/mol. The van der Waals surface area contributed by atoms with Crippen molar-refractivity contribution in [2.24, 2.45) is 11.8 Å². The maximum absolute atomic E-state index is 12.5. The summed E-state index contributed by atoms with van der Waals surface area (Å²) in [7, 11) is 0. The fourth-order valence-corrected chi connectivity index (χ4v) is 4.90. The molecule has 0 N–H and O–H groups in total. The number of carbonyl (C=O) groups is 1. The molecule has 0 amide bonds. The van der Waals surface area contributed by atoms with E-state index in [-0.39, 0.29) is 22.5 Å². The van der Waals surface area contributed by atoms with Gasteiger partial charge in [0.25, 0.3) is 0 Å². The second-order valence-electron chi connectivity index (χ2n) is 8.97. The van der Waals surface area contributed by atoms with Crippen molar-refractivity contribution in [3.05, 3.63) is 10.1 Å². The van der Waals surface area contributed by atoms with E-state index in [2.05, 4.69) is 13.0 Å². The topological polar surface area (TPSA) is 93.2 Å². The van der Waals surface area contributed by atoms with Crippen molar-refractivity contribution in [3.63, 3.8) is 0 Å².